The molecule has 0 spiro atoms. The second-order valence-electron chi connectivity index (χ2n) is 6.59. The first-order valence-corrected chi connectivity index (χ1v) is 8.81. The van der Waals surface area contributed by atoms with Crippen LogP contribution in [-0.4, -0.2) is 48.9 Å². The summed E-state index contributed by atoms with van der Waals surface area (Å²) in [5, 5.41) is 12.6. The molecule has 0 bridgehead atoms. The number of nitrogens with one attached hydrogen (secondary N) is 3. The Hall–Kier alpha value is -3.10. The molecule has 0 unspecified atom stereocenters. The highest BCUT2D eigenvalue weighted by Gasteiger charge is 2.37. The van der Waals surface area contributed by atoms with Crippen molar-refractivity contribution in [2.24, 2.45) is 0 Å². The minimum Gasteiger partial charge on any atom is -0.434 e. The Morgan fingerprint density at radius 2 is 2.19 bits per heavy atom. The number of halogens is 1. The minimum absolute atomic E-state index is 0.0515. The topological polar surface area (TPSA) is 99.4 Å². The molecule has 2 aliphatic rings. The lowest BCUT2D eigenvalue weighted by Crippen LogP contribution is -2.35. The summed E-state index contributed by atoms with van der Waals surface area (Å²) in [6.45, 7) is 0.0515. The molecule has 1 fully saturated rings. The lowest BCUT2D eigenvalue weighted by molar-refractivity contribution is -0.127. The number of cyclic esters (lactones) is 1. The zero-order valence-corrected chi connectivity index (χ0v) is 15.1. The van der Waals surface area contributed by atoms with E-state index in [0.29, 0.717) is 23.4 Å². The van der Waals surface area contributed by atoms with Gasteiger partial charge in [0.05, 0.1) is 17.9 Å². The van der Waals surface area contributed by atoms with E-state index in [1.807, 2.05) is 0 Å². The van der Waals surface area contributed by atoms with Crippen LogP contribution in [0, 0.1) is 5.82 Å². The second kappa shape index (κ2) is 6.57. The van der Waals surface area contributed by atoms with E-state index in [2.05, 4.69) is 20.8 Å². The summed E-state index contributed by atoms with van der Waals surface area (Å²) < 4.78 is 20.2. The Balaban J connectivity index is 1.73. The minimum atomic E-state index is -0.901. The summed E-state index contributed by atoms with van der Waals surface area (Å²) >= 11 is 0. The van der Waals surface area contributed by atoms with Crippen molar-refractivity contribution in [1.29, 1.82) is 0 Å². The number of ether oxygens (including phenoxy) is 1. The average molecular weight is 373 g/mol. The monoisotopic (exact) mass is 373 g/mol. The highest BCUT2D eigenvalue weighted by atomic mass is 19.1. The first kappa shape index (κ1) is 17.3. The summed E-state index contributed by atoms with van der Waals surface area (Å²) in [6, 6.07) is 3.10. The molecule has 1 aliphatic heterocycles. The maximum atomic E-state index is 15.1. The number of nitrogens with zero attached hydrogens (tertiary/aromatic N) is 2. The molecule has 3 N–H and O–H groups in total. The predicted molar refractivity (Wildman–Crippen MR) is 97.2 cm³/mol. The number of hydrogen-bond acceptors (Lipinski definition) is 5. The first-order chi connectivity index (χ1) is 13.0. The Bertz CT molecular complexity index is 926. The van der Waals surface area contributed by atoms with Crippen molar-refractivity contribution >= 4 is 23.5 Å². The van der Waals surface area contributed by atoms with Gasteiger partial charge in [0.15, 0.2) is 11.9 Å². The van der Waals surface area contributed by atoms with Crippen LogP contribution < -0.4 is 15.5 Å². The number of benzene rings is 1. The van der Waals surface area contributed by atoms with E-state index in [-0.39, 0.29) is 12.5 Å². The normalized spacial score (nSPS) is 18.4. The van der Waals surface area contributed by atoms with Crippen LogP contribution in [0.3, 0.4) is 0 Å². The van der Waals surface area contributed by atoms with Crippen LogP contribution in [-0.2, 0) is 22.4 Å². The van der Waals surface area contributed by atoms with Gasteiger partial charge in [0.1, 0.15) is 5.82 Å². The van der Waals surface area contributed by atoms with Crippen LogP contribution in [0.4, 0.5) is 20.7 Å². The van der Waals surface area contributed by atoms with Gasteiger partial charge in [0, 0.05) is 25.2 Å². The van der Waals surface area contributed by atoms with Gasteiger partial charge in [0.25, 0.3) is 5.91 Å². The molecule has 1 aromatic carbocycles. The van der Waals surface area contributed by atoms with Crippen LogP contribution >= 0.6 is 0 Å². The number of hydrogen-bond donors (Lipinski definition) is 3. The lowest BCUT2D eigenvalue weighted by Gasteiger charge is -2.16. The molecule has 2 amide bonds. The number of amides is 2. The zero-order valence-electron chi connectivity index (χ0n) is 15.1. The van der Waals surface area contributed by atoms with Crippen LogP contribution in [0.25, 0.3) is 11.3 Å². The van der Waals surface area contributed by atoms with E-state index >= 15 is 4.39 Å². The van der Waals surface area contributed by atoms with Crippen molar-refractivity contribution in [2.75, 3.05) is 30.9 Å². The fraction of sp³-hybridized carbons (Fsp3) is 0.389. The molecular weight excluding hydrogens is 353 g/mol. The van der Waals surface area contributed by atoms with Gasteiger partial charge in [-0.3, -0.25) is 14.8 Å². The summed E-state index contributed by atoms with van der Waals surface area (Å²) in [4.78, 5) is 25.2. The van der Waals surface area contributed by atoms with Gasteiger partial charge in [-0.25, -0.2) is 9.18 Å². The van der Waals surface area contributed by atoms with Gasteiger partial charge in [-0.05, 0) is 37.0 Å². The van der Waals surface area contributed by atoms with Crippen molar-refractivity contribution < 1.29 is 18.7 Å². The van der Waals surface area contributed by atoms with Gasteiger partial charge in [0.2, 0.25) is 0 Å². The van der Waals surface area contributed by atoms with Gasteiger partial charge in [-0.2, -0.15) is 5.10 Å². The molecule has 2 heterocycles. The molecule has 1 aliphatic carbocycles. The fourth-order valence-electron chi connectivity index (χ4n) is 3.73. The molecular formula is C18H20FN5O3. The molecule has 1 atom stereocenters. The standard InChI is InChI=1S/C18H20FN5O3/c1-20-16-11-5-3-4-9-6-10(7-12(19)14(9)15(11)22-23-16)24-8-13(17(25)21-2)27-18(24)26/h6-7,13H,3-5,8H2,1-2H3,(H,21,25)(H2,20,22,23)/t13-/m1/s1. The van der Waals surface area contributed by atoms with Crippen molar-refractivity contribution in [3.05, 3.63) is 29.1 Å². The Morgan fingerprint density at radius 3 is 2.93 bits per heavy atom. The summed E-state index contributed by atoms with van der Waals surface area (Å²) in [6.07, 6.45) is 0.726. The molecule has 9 heteroatoms. The van der Waals surface area contributed by atoms with Gasteiger partial charge >= 0.3 is 6.09 Å². The van der Waals surface area contributed by atoms with E-state index in [4.69, 9.17) is 4.74 Å². The molecule has 4 rings (SSSR count). The molecule has 0 saturated carbocycles. The number of anilines is 2. The van der Waals surface area contributed by atoms with Gasteiger partial charge in [-0.1, -0.05) is 0 Å². The molecule has 1 aromatic heterocycles. The fourth-order valence-corrected chi connectivity index (χ4v) is 3.73. The third-order valence-electron chi connectivity index (χ3n) is 5.05. The highest BCUT2D eigenvalue weighted by molar-refractivity contribution is 5.96. The molecule has 0 radical (unpaired) electrons. The third-order valence-corrected chi connectivity index (χ3v) is 5.05. The quantitative estimate of drug-likeness (QED) is 0.762. The number of rotatable bonds is 3. The highest BCUT2D eigenvalue weighted by Crippen LogP contribution is 2.38. The molecule has 8 nitrogen and oxygen atoms in total. The number of aryl methyl sites for hydroxylation is 1. The van der Waals surface area contributed by atoms with Crippen LogP contribution in [0.2, 0.25) is 0 Å². The maximum Gasteiger partial charge on any atom is 0.415 e. The first-order valence-electron chi connectivity index (χ1n) is 8.81. The predicted octanol–water partition coefficient (Wildman–Crippen LogP) is 1.82. The molecule has 27 heavy (non-hydrogen) atoms. The molecule has 142 valence electrons. The van der Waals surface area contributed by atoms with Crippen LogP contribution in [0.15, 0.2) is 12.1 Å². The number of carbonyl (C=O) groups is 2. The van der Waals surface area contributed by atoms with Crippen molar-refractivity contribution in [3.63, 3.8) is 0 Å². The van der Waals surface area contributed by atoms with Gasteiger partial charge in [-0.15, -0.1) is 0 Å². The Labute approximate surface area is 155 Å². The number of likely N-dealkylation sites (N-methyl/N-ethyl adjacent to an activating group) is 1. The second-order valence-corrected chi connectivity index (χ2v) is 6.59. The zero-order chi connectivity index (χ0) is 19.1. The van der Waals surface area contributed by atoms with E-state index in [9.17, 15) is 9.59 Å². The smallest absolute Gasteiger partial charge is 0.415 e. The Kier molecular flexibility index (Phi) is 4.21. The van der Waals surface area contributed by atoms with E-state index in [1.165, 1.54) is 18.0 Å². The molecule has 2 aromatic rings. The van der Waals surface area contributed by atoms with E-state index in [0.717, 1.165) is 29.8 Å². The summed E-state index contributed by atoms with van der Waals surface area (Å²) in [7, 11) is 3.26. The Morgan fingerprint density at radius 1 is 1.37 bits per heavy atom. The van der Waals surface area contributed by atoms with Crippen LogP contribution in [0.1, 0.15) is 17.5 Å². The number of aromatic amines is 1. The van der Waals surface area contributed by atoms with Gasteiger partial charge < -0.3 is 15.4 Å². The van der Waals surface area contributed by atoms with Crippen molar-refractivity contribution in [2.45, 2.75) is 25.4 Å². The average Bonchev–Trinajstić information content (AvgIpc) is 3.19. The lowest BCUT2D eigenvalue weighted by atomic mass is 10.00. The van der Waals surface area contributed by atoms with Crippen LogP contribution in [0.5, 0.6) is 0 Å². The number of H-pyrrole nitrogens is 1. The number of carbonyl (C=O) groups excluding carboxylic acids is 2. The maximum absolute atomic E-state index is 15.1. The third kappa shape index (κ3) is 2.79. The summed E-state index contributed by atoms with van der Waals surface area (Å²) in [5.74, 6) is -0.103. The molecule has 1 saturated heterocycles. The number of aromatic nitrogens is 2. The largest absolute Gasteiger partial charge is 0.434 e. The van der Waals surface area contributed by atoms with Crippen molar-refractivity contribution in [1.82, 2.24) is 15.5 Å². The van der Waals surface area contributed by atoms with E-state index < -0.39 is 18.0 Å². The van der Waals surface area contributed by atoms with Crippen molar-refractivity contribution in [3.8, 4) is 11.3 Å². The SMILES string of the molecule is CNC(=O)[C@H]1CN(c2cc(F)c3c(c2)CCCc2c(NC)n[nH]c2-3)C(=O)O1. The number of fused-ring (bicyclic) bond motifs is 3. The van der Waals surface area contributed by atoms with E-state index in [1.54, 1.807) is 13.1 Å². The summed E-state index contributed by atoms with van der Waals surface area (Å²) in [5.41, 5.74) is 3.30.